The quantitative estimate of drug-likeness (QED) is 0.380. The number of hydrogen-bond acceptors (Lipinski definition) is 3. The van der Waals surface area contributed by atoms with Gasteiger partial charge in [0.25, 0.3) is 0 Å². The van der Waals surface area contributed by atoms with Crippen molar-refractivity contribution in [3.63, 3.8) is 0 Å². The molecule has 0 aliphatic rings. The van der Waals surface area contributed by atoms with Crippen molar-refractivity contribution in [1.29, 1.82) is 0 Å². The van der Waals surface area contributed by atoms with Gasteiger partial charge in [0.15, 0.2) is 5.76 Å². The molecule has 0 atom stereocenters. The lowest BCUT2D eigenvalue weighted by Crippen LogP contribution is -1.75. The molecule has 0 aliphatic carbocycles. The summed E-state index contributed by atoms with van der Waals surface area (Å²) >= 11 is 0. The predicted octanol–water partition coefficient (Wildman–Crippen LogP) is 4.95. The van der Waals surface area contributed by atoms with E-state index in [-0.39, 0.29) is 0 Å². The Labute approximate surface area is 115 Å². The number of nitrogens with zero attached hydrogens (tertiary/aromatic N) is 4. The molecule has 3 rings (SSSR count). The van der Waals surface area contributed by atoms with Crippen molar-refractivity contribution in [2.24, 2.45) is 5.11 Å². The number of hydrogen-bond donors (Lipinski definition) is 0. The largest absolute Gasteiger partial charge is 0.436 e. The standard InChI is InChI=1S/C15H10N4O/c16-19-18-13-8-4-7-12(9-13)15-17-10-14(20-15)11-5-2-1-3-6-11/h1-10H. The van der Waals surface area contributed by atoms with Crippen LogP contribution >= 0.6 is 0 Å². The number of benzene rings is 2. The minimum Gasteiger partial charge on any atom is -0.436 e. The summed E-state index contributed by atoms with van der Waals surface area (Å²) in [4.78, 5) is 7.03. The van der Waals surface area contributed by atoms with Crippen molar-refractivity contribution in [2.75, 3.05) is 0 Å². The summed E-state index contributed by atoms with van der Waals surface area (Å²) in [6.45, 7) is 0. The van der Waals surface area contributed by atoms with Gasteiger partial charge in [-0.1, -0.05) is 47.6 Å². The second-order valence-electron chi connectivity index (χ2n) is 4.14. The maximum atomic E-state index is 8.45. The zero-order valence-electron chi connectivity index (χ0n) is 10.5. The molecule has 0 saturated carbocycles. The Balaban J connectivity index is 1.98. The van der Waals surface area contributed by atoms with Crippen molar-refractivity contribution in [1.82, 2.24) is 4.98 Å². The average Bonchev–Trinajstić information content (AvgIpc) is 2.99. The van der Waals surface area contributed by atoms with Gasteiger partial charge in [0.2, 0.25) is 5.89 Å². The maximum absolute atomic E-state index is 8.45. The van der Waals surface area contributed by atoms with Gasteiger partial charge in [-0.05, 0) is 17.7 Å². The fourth-order valence-corrected chi connectivity index (χ4v) is 1.90. The number of rotatable bonds is 3. The van der Waals surface area contributed by atoms with Gasteiger partial charge in [0.1, 0.15) is 0 Å². The summed E-state index contributed by atoms with van der Waals surface area (Å²) in [7, 11) is 0. The van der Waals surface area contributed by atoms with Gasteiger partial charge in [-0.15, -0.1) is 0 Å². The van der Waals surface area contributed by atoms with Crippen LogP contribution in [-0.4, -0.2) is 4.98 Å². The molecule has 1 aromatic heterocycles. The van der Waals surface area contributed by atoms with Crippen molar-refractivity contribution < 1.29 is 4.42 Å². The van der Waals surface area contributed by atoms with Crippen LogP contribution in [0, 0.1) is 0 Å². The molecule has 0 unspecified atom stereocenters. The van der Waals surface area contributed by atoms with Crippen LogP contribution in [0.25, 0.3) is 33.2 Å². The Morgan fingerprint density at radius 3 is 2.60 bits per heavy atom. The van der Waals surface area contributed by atoms with E-state index < -0.39 is 0 Å². The maximum Gasteiger partial charge on any atom is 0.226 e. The molecule has 3 aromatic rings. The van der Waals surface area contributed by atoms with Gasteiger partial charge >= 0.3 is 0 Å². The molecule has 0 radical (unpaired) electrons. The highest BCUT2D eigenvalue weighted by Crippen LogP contribution is 2.27. The number of aromatic nitrogens is 1. The molecule has 0 saturated heterocycles. The Morgan fingerprint density at radius 2 is 1.80 bits per heavy atom. The lowest BCUT2D eigenvalue weighted by atomic mass is 10.2. The average molecular weight is 262 g/mol. The van der Waals surface area contributed by atoms with Crippen molar-refractivity contribution in [3.8, 4) is 22.8 Å². The third kappa shape index (κ3) is 2.39. The molecule has 5 heteroatoms. The van der Waals surface area contributed by atoms with E-state index >= 15 is 0 Å². The summed E-state index contributed by atoms with van der Waals surface area (Å²) in [6, 6.07) is 16.9. The van der Waals surface area contributed by atoms with Crippen LogP contribution in [-0.2, 0) is 0 Å². The van der Waals surface area contributed by atoms with Gasteiger partial charge in [-0.3, -0.25) is 0 Å². The summed E-state index contributed by atoms with van der Waals surface area (Å²) in [5.74, 6) is 1.20. The van der Waals surface area contributed by atoms with Crippen LogP contribution in [0.15, 0.2) is 70.3 Å². The van der Waals surface area contributed by atoms with Crippen LogP contribution in [0.4, 0.5) is 5.69 Å². The summed E-state index contributed by atoms with van der Waals surface area (Å²) in [5.41, 5.74) is 10.7. The highest BCUT2D eigenvalue weighted by Gasteiger charge is 2.08. The van der Waals surface area contributed by atoms with E-state index in [0.29, 0.717) is 17.3 Å². The number of azide groups is 1. The van der Waals surface area contributed by atoms with Gasteiger partial charge < -0.3 is 4.42 Å². The molecule has 0 aliphatic heterocycles. The SMILES string of the molecule is [N-]=[N+]=Nc1cccc(-c2ncc(-c3ccccc3)o2)c1. The Kier molecular flexibility index (Phi) is 3.18. The predicted molar refractivity (Wildman–Crippen MR) is 76.2 cm³/mol. The monoisotopic (exact) mass is 262 g/mol. The Hall–Kier alpha value is -3.04. The third-order valence-electron chi connectivity index (χ3n) is 2.82. The van der Waals surface area contributed by atoms with Crippen LogP contribution in [0.1, 0.15) is 0 Å². The van der Waals surface area contributed by atoms with E-state index in [1.807, 2.05) is 36.4 Å². The Morgan fingerprint density at radius 1 is 1.00 bits per heavy atom. The molecule has 0 bridgehead atoms. The first-order valence-electron chi connectivity index (χ1n) is 6.03. The smallest absolute Gasteiger partial charge is 0.226 e. The third-order valence-corrected chi connectivity index (χ3v) is 2.82. The molecular weight excluding hydrogens is 252 g/mol. The zero-order valence-corrected chi connectivity index (χ0v) is 10.5. The zero-order chi connectivity index (χ0) is 13.8. The van der Waals surface area contributed by atoms with E-state index in [2.05, 4.69) is 15.0 Å². The van der Waals surface area contributed by atoms with E-state index in [1.54, 1.807) is 24.4 Å². The van der Waals surface area contributed by atoms with E-state index in [4.69, 9.17) is 9.95 Å². The minimum atomic E-state index is 0.499. The normalized spacial score (nSPS) is 10.0. The van der Waals surface area contributed by atoms with Crippen molar-refractivity contribution >= 4 is 5.69 Å². The van der Waals surface area contributed by atoms with Crippen LogP contribution < -0.4 is 0 Å². The fourth-order valence-electron chi connectivity index (χ4n) is 1.90. The lowest BCUT2D eigenvalue weighted by molar-refractivity contribution is 0.589. The second-order valence-corrected chi connectivity index (χ2v) is 4.14. The van der Waals surface area contributed by atoms with Gasteiger partial charge in [0.05, 0.1) is 6.20 Å². The number of oxazole rings is 1. The van der Waals surface area contributed by atoms with E-state index in [9.17, 15) is 0 Å². The van der Waals surface area contributed by atoms with E-state index in [1.165, 1.54) is 0 Å². The Bertz CT molecular complexity index is 773. The topological polar surface area (TPSA) is 74.8 Å². The lowest BCUT2D eigenvalue weighted by Gasteiger charge is -1.97. The van der Waals surface area contributed by atoms with Crippen LogP contribution in [0.3, 0.4) is 0 Å². The molecule has 0 amide bonds. The first-order chi connectivity index (χ1) is 9.86. The molecule has 2 aromatic carbocycles. The highest BCUT2D eigenvalue weighted by atomic mass is 16.4. The fraction of sp³-hybridized carbons (Fsp3) is 0. The van der Waals surface area contributed by atoms with Gasteiger partial charge in [0, 0.05) is 21.7 Å². The first kappa shape index (κ1) is 12.0. The van der Waals surface area contributed by atoms with Crippen LogP contribution in [0.5, 0.6) is 0 Å². The van der Waals surface area contributed by atoms with Crippen molar-refractivity contribution in [3.05, 3.63) is 71.2 Å². The van der Waals surface area contributed by atoms with E-state index in [0.717, 1.165) is 11.1 Å². The molecule has 96 valence electrons. The molecule has 1 heterocycles. The second kappa shape index (κ2) is 5.30. The molecule has 0 spiro atoms. The summed E-state index contributed by atoms with van der Waals surface area (Å²) in [6.07, 6.45) is 1.69. The highest BCUT2D eigenvalue weighted by molar-refractivity contribution is 5.63. The molecular formula is C15H10N4O. The van der Waals surface area contributed by atoms with Gasteiger partial charge in [-0.2, -0.15) is 0 Å². The molecule has 0 fully saturated rings. The first-order valence-corrected chi connectivity index (χ1v) is 6.03. The summed E-state index contributed by atoms with van der Waals surface area (Å²) in [5, 5.41) is 3.57. The molecule has 0 N–H and O–H groups in total. The van der Waals surface area contributed by atoms with Gasteiger partial charge in [-0.25, -0.2) is 4.98 Å². The van der Waals surface area contributed by atoms with Crippen LogP contribution in [0.2, 0.25) is 0 Å². The summed E-state index contributed by atoms with van der Waals surface area (Å²) < 4.78 is 5.74. The molecule has 20 heavy (non-hydrogen) atoms. The minimum absolute atomic E-state index is 0.499. The van der Waals surface area contributed by atoms with Crippen molar-refractivity contribution in [2.45, 2.75) is 0 Å². The molecule has 5 nitrogen and oxygen atoms in total.